The number of morpholine rings is 1. The van der Waals surface area contributed by atoms with E-state index < -0.39 is 0 Å². The molecular formula is C13H19ClN2O. The van der Waals surface area contributed by atoms with Crippen molar-refractivity contribution in [3.8, 4) is 0 Å². The topological polar surface area (TPSA) is 38.5 Å². The van der Waals surface area contributed by atoms with Gasteiger partial charge in [-0.15, -0.1) is 0 Å². The quantitative estimate of drug-likeness (QED) is 0.880. The van der Waals surface area contributed by atoms with Gasteiger partial charge in [-0.3, -0.25) is 0 Å². The molecule has 0 aliphatic carbocycles. The summed E-state index contributed by atoms with van der Waals surface area (Å²) < 4.78 is 5.76. The van der Waals surface area contributed by atoms with Crippen molar-refractivity contribution in [3.63, 3.8) is 0 Å². The van der Waals surface area contributed by atoms with Crippen molar-refractivity contribution in [2.75, 3.05) is 24.5 Å². The van der Waals surface area contributed by atoms with Crippen molar-refractivity contribution >= 4 is 17.3 Å². The van der Waals surface area contributed by atoms with Crippen LogP contribution in [0.5, 0.6) is 0 Å². The van der Waals surface area contributed by atoms with Crippen molar-refractivity contribution in [1.82, 2.24) is 0 Å². The first-order chi connectivity index (χ1) is 8.10. The molecule has 1 saturated heterocycles. The monoisotopic (exact) mass is 254 g/mol. The van der Waals surface area contributed by atoms with E-state index in [1.165, 1.54) is 11.3 Å². The molecule has 2 rings (SSSR count). The van der Waals surface area contributed by atoms with Crippen LogP contribution in [0, 0.1) is 6.92 Å². The minimum atomic E-state index is 0.119. The lowest BCUT2D eigenvalue weighted by Crippen LogP contribution is -2.49. The van der Waals surface area contributed by atoms with Gasteiger partial charge in [0, 0.05) is 30.3 Å². The van der Waals surface area contributed by atoms with E-state index >= 15 is 0 Å². The van der Waals surface area contributed by atoms with E-state index in [0.717, 1.165) is 18.1 Å². The van der Waals surface area contributed by atoms with Gasteiger partial charge < -0.3 is 15.4 Å². The smallest absolute Gasteiger partial charge is 0.0876 e. The molecule has 2 N–H and O–H groups in total. The normalized spacial score (nSPS) is 25.1. The Bertz CT molecular complexity index is 397. The van der Waals surface area contributed by atoms with Gasteiger partial charge in [-0.05, 0) is 37.6 Å². The molecule has 0 saturated carbocycles. The number of hydrogen-bond acceptors (Lipinski definition) is 3. The first-order valence-electron chi connectivity index (χ1n) is 5.96. The number of aryl methyl sites for hydroxylation is 1. The second-order valence-electron chi connectivity index (χ2n) is 4.64. The van der Waals surface area contributed by atoms with Crippen LogP contribution in [-0.4, -0.2) is 31.8 Å². The zero-order valence-electron chi connectivity index (χ0n) is 10.3. The van der Waals surface area contributed by atoms with Crippen molar-refractivity contribution in [3.05, 3.63) is 28.8 Å². The molecule has 2 unspecified atom stereocenters. The molecular weight excluding hydrogens is 236 g/mol. The summed E-state index contributed by atoms with van der Waals surface area (Å²) in [6.07, 6.45) is 0.334. The number of halogens is 1. The summed E-state index contributed by atoms with van der Waals surface area (Å²) in [5.74, 6) is 0. The van der Waals surface area contributed by atoms with Crippen LogP contribution in [-0.2, 0) is 4.74 Å². The third kappa shape index (κ3) is 2.92. The van der Waals surface area contributed by atoms with Crippen LogP contribution in [0.4, 0.5) is 5.69 Å². The summed E-state index contributed by atoms with van der Waals surface area (Å²) in [5, 5.41) is 0.780. The highest BCUT2D eigenvalue weighted by Crippen LogP contribution is 2.26. The van der Waals surface area contributed by atoms with E-state index in [2.05, 4.69) is 24.8 Å². The molecule has 1 aromatic carbocycles. The largest absolute Gasteiger partial charge is 0.370 e. The lowest BCUT2D eigenvalue weighted by Gasteiger charge is -2.38. The lowest BCUT2D eigenvalue weighted by atomic mass is 10.1. The number of nitrogens with zero attached hydrogens (tertiary/aromatic N) is 1. The Morgan fingerprint density at radius 1 is 1.47 bits per heavy atom. The molecule has 2 atom stereocenters. The zero-order valence-corrected chi connectivity index (χ0v) is 11.1. The summed E-state index contributed by atoms with van der Waals surface area (Å²) in [6.45, 7) is 6.48. The zero-order chi connectivity index (χ0) is 12.4. The molecule has 1 aliphatic rings. The third-order valence-electron chi connectivity index (χ3n) is 3.09. The lowest BCUT2D eigenvalue weighted by molar-refractivity contribution is -0.0105. The van der Waals surface area contributed by atoms with Crippen molar-refractivity contribution < 1.29 is 4.74 Å². The van der Waals surface area contributed by atoms with E-state index in [0.29, 0.717) is 6.54 Å². The van der Waals surface area contributed by atoms with Gasteiger partial charge in [-0.1, -0.05) is 11.6 Å². The fraction of sp³-hybridized carbons (Fsp3) is 0.538. The standard InChI is InChI=1S/C13H19ClN2O/c1-9-5-11(14)3-4-13(9)16-7-10(2)17-12(6-15)8-16/h3-5,10,12H,6-8,15H2,1-2H3. The minimum absolute atomic E-state index is 0.119. The Labute approximate surface area is 107 Å². The van der Waals surface area contributed by atoms with Gasteiger partial charge >= 0.3 is 0 Å². The Balaban J connectivity index is 2.20. The number of anilines is 1. The maximum atomic E-state index is 5.98. The van der Waals surface area contributed by atoms with Crippen LogP contribution in [0.15, 0.2) is 18.2 Å². The van der Waals surface area contributed by atoms with E-state index in [9.17, 15) is 0 Å². The Morgan fingerprint density at radius 3 is 2.88 bits per heavy atom. The molecule has 0 amide bonds. The number of rotatable bonds is 2. The van der Waals surface area contributed by atoms with Crippen LogP contribution >= 0.6 is 11.6 Å². The van der Waals surface area contributed by atoms with E-state index in [-0.39, 0.29) is 12.2 Å². The number of hydrogen-bond donors (Lipinski definition) is 1. The second kappa shape index (κ2) is 5.25. The summed E-state index contributed by atoms with van der Waals surface area (Å²) in [6, 6.07) is 6.00. The molecule has 1 aliphatic heterocycles. The van der Waals surface area contributed by atoms with E-state index in [4.69, 9.17) is 22.1 Å². The molecule has 94 valence electrons. The third-order valence-corrected chi connectivity index (χ3v) is 3.32. The Morgan fingerprint density at radius 2 is 2.24 bits per heavy atom. The minimum Gasteiger partial charge on any atom is -0.370 e. The highest BCUT2D eigenvalue weighted by Gasteiger charge is 2.25. The average molecular weight is 255 g/mol. The summed E-state index contributed by atoms with van der Waals surface area (Å²) >= 11 is 5.98. The molecule has 3 nitrogen and oxygen atoms in total. The van der Waals surface area contributed by atoms with Gasteiger partial charge in [0.25, 0.3) is 0 Å². The maximum Gasteiger partial charge on any atom is 0.0876 e. The molecule has 1 heterocycles. The molecule has 1 aromatic rings. The molecule has 0 spiro atoms. The van der Waals surface area contributed by atoms with Crippen LogP contribution in [0.25, 0.3) is 0 Å². The van der Waals surface area contributed by atoms with Crippen molar-refractivity contribution in [1.29, 1.82) is 0 Å². The van der Waals surface area contributed by atoms with Crippen molar-refractivity contribution in [2.45, 2.75) is 26.1 Å². The van der Waals surface area contributed by atoms with Crippen LogP contribution in [0.2, 0.25) is 5.02 Å². The van der Waals surface area contributed by atoms with Crippen molar-refractivity contribution in [2.24, 2.45) is 5.73 Å². The number of ether oxygens (including phenoxy) is 1. The SMILES string of the molecule is Cc1cc(Cl)ccc1N1CC(C)OC(CN)C1. The highest BCUT2D eigenvalue weighted by atomic mass is 35.5. The number of benzene rings is 1. The van der Waals surface area contributed by atoms with Gasteiger partial charge in [-0.2, -0.15) is 0 Å². The first-order valence-corrected chi connectivity index (χ1v) is 6.34. The van der Waals surface area contributed by atoms with E-state index in [1.807, 2.05) is 12.1 Å². The van der Waals surface area contributed by atoms with Crippen LogP contribution < -0.4 is 10.6 Å². The van der Waals surface area contributed by atoms with Gasteiger partial charge in [0.1, 0.15) is 0 Å². The fourth-order valence-electron chi connectivity index (χ4n) is 2.35. The summed E-state index contributed by atoms with van der Waals surface area (Å²) in [7, 11) is 0. The van der Waals surface area contributed by atoms with Gasteiger partial charge in [0.15, 0.2) is 0 Å². The summed E-state index contributed by atoms with van der Waals surface area (Å²) in [5.41, 5.74) is 8.12. The second-order valence-corrected chi connectivity index (χ2v) is 5.08. The van der Waals surface area contributed by atoms with Crippen LogP contribution in [0.3, 0.4) is 0 Å². The maximum absolute atomic E-state index is 5.98. The molecule has 0 bridgehead atoms. The molecule has 1 fully saturated rings. The summed E-state index contributed by atoms with van der Waals surface area (Å²) in [4.78, 5) is 2.33. The average Bonchev–Trinajstić information content (AvgIpc) is 2.28. The van der Waals surface area contributed by atoms with Gasteiger partial charge in [0.2, 0.25) is 0 Å². The predicted octanol–water partition coefficient (Wildman–Crippen LogP) is 2.20. The van der Waals surface area contributed by atoms with Crippen LogP contribution in [0.1, 0.15) is 12.5 Å². The molecule has 0 aromatic heterocycles. The fourth-order valence-corrected chi connectivity index (χ4v) is 2.57. The Kier molecular flexibility index (Phi) is 3.92. The molecule has 0 radical (unpaired) electrons. The highest BCUT2D eigenvalue weighted by molar-refractivity contribution is 6.30. The van der Waals surface area contributed by atoms with E-state index in [1.54, 1.807) is 0 Å². The first kappa shape index (κ1) is 12.7. The molecule has 17 heavy (non-hydrogen) atoms. The van der Waals surface area contributed by atoms with Gasteiger partial charge in [-0.25, -0.2) is 0 Å². The van der Waals surface area contributed by atoms with Gasteiger partial charge in [0.05, 0.1) is 12.2 Å². The number of nitrogens with two attached hydrogens (primary N) is 1. The Hall–Kier alpha value is -0.770. The predicted molar refractivity (Wildman–Crippen MR) is 71.8 cm³/mol. The molecule has 4 heteroatoms.